The van der Waals surface area contributed by atoms with Crippen LogP contribution in [0.25, 0.3) is 0 Å². The van der Waals surface area contributed by atoms with Crippen LogP contribution in [0.15, 0.2) is 11.0 Å². The Balaban J connectivity index is 1.75. The number of nitrogen functional groups attached to an aromatic ring is 1. The Morgan fingerprint density at radius 3 is 2.52 bits per heavy atom. The number of phosphoric acid groups is 3. The van der Waals surface area contributed by atoms with Gasteiger partial charge in [-0.2, -0.15) is 13.6 Å². The molecule has 2 aliphatic heterocycles. The van der Waals surface area contributed by atoms with Crippen molar-refractivity contribution in [1.82, 2.24) is 9.55 Å². The zero-order valence-corrected chi connectivity index (χ0v) is 18.1. The van der Waals surface area contributed by atoms with Crippen molar-refractivity contribution >= 4 is 29.3 Å². The molecule has 6 atom stereocenters. The fourth-order valence-corrected chi connectivity index (χ4v) is 6.07. The van der Waals surface area contributed by atoms with E-state index in [0.29, 0.717) is 5.56 Å². The van der Waals surface area contributed by atoms with E-state index in [4.69, 9.17) is 25.0 Å². The molecule has 2 bridgehead atoms. The van der Waals surface area contributed by atoms with Gasteiger partial charge in [-0.25, -0.2) is 18.5 Å². The third kappa shape index (κ3) is 5.31. The third-order valence-electron chi connectivity index (χ3n) is 4.34. The predicted octanol–water partition coefficient (Wildman–Crippen LogP) is -1.50. The zero-order chi connectivity index (χ0) is 23.4. The van der Waals surface area contributed by atoms with Crippen LogP contribution in [-0.4, -0.2) is 65.3 Å². The highest BCUT2D eigenvalue weighted by Gasteiger charge is 2.63. The first-order valence-electron chi connectivity index (χ1n) is 8.15. The zero-order valence-electron chi connectivity index (χ0n) is 15.4. The van der Waals surface area contributed by atoms with Crippen LogP contribution in [0.1, 0.15) is 11.8 Å². The van der Waals surface area contributed by atoms with Gasteiger partial charge >= 0.3 is 29.2 Å². The average Bonchev–Trinajstić information content (AvgIpc) is 3.03. The van der Waals surface area contributed by atoms with Gasteiger partial charge in [-0.1, -0.05) is 0 Å². The smallest absolute Gasteiger partial charge is 0.387 e. The Morgan fingerprint density at radius 2 is 1.90 bits per heavy atom. The number of aliphatic hydroxyl groups excluding tert-OH is 1. The van der Waals surface area contributed by atoms with Gasteiger partial charge in [0, 0.05) is 11.8 Å². The molecule has 0 aromatic carbocycles. The number of nitrogens with two attached hydrogens (primary N) is 1. The van der Waals surface area contributed by atoms with Crippen LogP contribution < -0.4 is 11.4 Å². The molecule has 3 unspecified atom stereocenters. The summed E-state index contributed by atoms with van der Waals surface area (Å²) >= 11 is 0. The van der Waals surface area contributed by atoms with E-state index < -0.39 is 59.8 Å². The predicted molar refractivity (Wildman–Crippen MR) is 96.1 cm³/mol. The molecule has 1 aromatic heterocycles. The summed E-state index contributed by atoms with van der Waals surface area (Å²) in [6, 6.07) is 0. The number of aryl methyl sites for hydroxylation is 1. The number of anilines is 1. The van der Waals surface area contributed by atoms with Gasteiger partial charge in [0.25, 0.3) is 0 Å². The van der Waals surface area contributed by atoms with Crippen molar-refractivity contribution in [3.63, 3.8) is 0 Å². The van der Waals surface area contributed by atoms with E-state index in [0.717, 1.165) is 4.57 Å². The van der Waals surface area contributed by atoms with Crippen molar-refractivity contribution in [2.24, 2.45) is 0 Å². The molecule has 2 fully saturated rings. The second kappa shape index (κ2) is 8.08. The van der Waals surface area contributed by atoms with E-state index in [9.17, 15) is 33.4 Å². The lowest BCUT2D eigenvalue weighted by Gasteiger charge is -2.31. The minimum atomic E-state index is -5.71. The summed E-state index contributed by atoms with van der Waals surface area (Å²) < 4.78 is 57.7. The fraction of sp³-hybridized carbons (Fsp3) is 0.636. The molecule has 17 nitrogen and oxygen atoms in total. The second-order valence-electron chi connectivity index (χ2n) is 6.66. The van der Waals surface area contributed by atoms with Gasteiger partial charge in [0.15, 0.2) is 6.23 Å². The van der Waals surface area contributed by atoms with Gasteiger partial charge in [-0.05, 0) is 6.92 Å². The minimum Gasteiger partial charge on any atom is -0.387 e. The lowest BCUT2D eigenvalue weighted by Crippen LogP contribution is -2.45. The molecular formula is C11H18N3O14P3. The molecule has 20 heteroatoms. The highest BCUT2D eigenvalue weighted by Crippen LogP contribution is 2.66. The van der Waals surface area contributed by atoms with Crippen LogP contribution in [0, 0.1) is 6.92 Å². The number of hydrogen-bond acceptors (Lipinski definition) is 12. The van der Waals surface area contributed by atoms with Gasteiger partial charge < -0.3 is 39.9 Å². The number of ether oxygens (including phenoxy) is 2. The summed E-state index contributed by atoms with van der Waals surface area (Å²) in [4.78, 5) is 51.6. The number of aromatic nitrogens is 2. The number of rotatable bonds is 8. The van der Waals surface area contributed by atoms with Crippen molar-refractivity contribution in [2.75, 3.05) is 18.9 Å². The molecule has 3 rings (SSSR count). The Morgan fingerprint density at radius 1 is 1.26 bits per heavy atom. The van der Waals surface area contributed by atoms with Crippen molar-refractivity contribution < 1.29 is 61.0 Å². The maximum absolute atomic E-state index is 12.1. The normalized spacial score (nSPS) is 32.0. The van der Waals surface area contributed by atoms with Gasteiger partial charge in [0.1, 0.15) is 23.6 Å². The van der Waals surface area contributed by atoms with E-state index >= 15 is 0 Å². The van der Waals surface area contributed by atoms with Crippen LogP contribution >= 0.6 is 23.5 Å². The molecule has 3 heterocycles. The quantitative estimate of drug-likeness (QED) is 0.218. The molecule has 1 aromatic rings. The Hall–Kier alpha value is -1.03. The van der Waals surface area contributed by atoms with Crippen molar-refractivity contribution in [2.45, 2.75) is 31.0 Å². The lowest BCUT2D eigenvalue weighted by atomic mass is 10.0. The largest absolute Gasteiger partial charge is 0.490 e. The van der Waals surface area contributed by atoms with Crippen molar-refractivity contribution in [1.29, 1.82) is 0 Å². The molecule has 0 radical (unpaired) electrons. The summed E-state index contributed by atoms with van der Waals surface area (Å²) in [6.45, 7) is 0.260. The molecule has 176 valence electrons. The highest BCUT2D eigenvalue weighted by atomic mass is 31.3. The Kier molecular flexibility index (Phi) is 6.41. The minimum absolute atomic E-state index is 0.0201. The molecule has 0 amide bonds. The van der Waals surface area contributed by atoms with Gasteiger partial charge in [-0.15, -0.1) is 0 Å². The first-order valence-corrected chi connectivity index (χ1v) is 12.7. The summed E-state index contributed by atoms with van der Waals surface area (Å²) in [7, 11) is -16.7. The molecule has 0 aliphatic carbocycles. The molecule has 31 heavy (non-hydrogen) atoms. The van der Waals surface area contributed by atoms with Crippen molar-refractivity contribution in [3.8, 4) is 0 Å². The number of aliphatic hydroxyl groups is 1. The van der Waals surface area contributed by atoms with Gasteiger partial charge in [0.2, 0.25) is 0 Å². The summed E-state index contributed by atoms with van der Waals surface area (Å²) in [6.07, 6.45) is -2.49. The van der Waals surface area contributed by atoms with Crippen LogP contribution in [-0.2, 0) is 36.3 Å². The maximum Gasteiger partial charge on any atom is 0.490 e. The van der Waals surface area contributed by atoms with E-state index in [1.165, 1.54) is 6.20 Å². The monoisotopic (exact) mass is 509 g/mol. The van der Waals surface area contributed by atoms with Crippen LogP contribution in [0.5, 0.6) is 0 Å². The van der Waals surface area contributed by atoms with E-state index in [1.54, 1.807) is 6.92 Å². The fourth-order valence-electron chi connectivity index (χ4n) is 2.99. The molecule has 0 saturated carbocycles. The molecular weight excluding hydrogens is 491 g/mol. The summed E-state index contributed by atoms with van der Waals surface area (Å²) in [5.41, 5.74) is 3.36. The highest BCUT2D eigenvalue weighted by molar-refractivity contribution is 7.66. The summed E-state index contributed by atoms with van der Waals surface area (Å²) in [5.74, 6) is -0.0201. The average molecular weight is 509 g/mol. The van der Waals surface area contributed by atoms with Gasteiger partial charge in [0.05, 0.1) is 13.2 Å². The second-order valence-corrected chi connectivity index (χ2v) is 11.1. The SMILES string of the molecule is Cc1cn([C@@H]2O[C@@]3(COP(=O)(O)OP(=O)(O)OP(=O)(O)O)CO[C@H]2C3O)c(=O)nc1N. The van der Waals surface area contributed by atoms with E-state index in [2.05, 4.69) is 18.1 Å². The van der Waals surface area contributed by atoms with Crippen LogP contribution in [0.4, 0.5) is 5.82 Å². The van der Waals surface area contributed by atoms with Crippen LogP contribution in [0.3, 0.4) is 0 Å². The Labute approximate surface area is 172 Å². The standard InChI is InChI=1S/C11H18N3O14P3/c1-5-2-14(10(16)13-8(5)12)9-6-7(15)11(26-9,3-24-6)4-25-30(20,21)28-31(22,23)27-29(17,18)19/h2,6-7,9,15H,3-4H2,1H3,(H,20,21)(H,22,23)(H2,12,13,16)(H2,17,18,19)/t6-,7?,9+,11+/m0/s1. The van der Waals surface area contributed by atoms with E-state index in [1.807, 2.05) is 0 Å². The number of nitrogens with zero attached hydrogens (tertiary/aromatic N) is 2. The molecule has 2 saturated heterocycles. The topological polar surface area (TPSA) is 259 Å². The van der Waals surface area contributed by atoms with E-state index in [-0.39, 0.29) is 12.4 Å². The Bertz CT molecular complexity index is 1070. The molecule has 2 aliphatic rings. The third-order valence-corrected chi connectivity index (χ3v) is 8.13. The first-order chi connectivity index (χ1) is 14.0. The number of fused-ring (bicyclic) bond motifs is 2. The first kappa shape index (κ1) is 24.6. The molecule has 7 N–H and O–H groups in total. The lowest BCUT2D eigenvalue weighted by molar-refractivity contribution is -0.186. The van der Waals surface area contributed by atoms with Gasteiger partial charge in [-0.3, -0.25) is 9.09 Å². The molecule has 0 spiro atoms. The maximum atomic E-state index is 12.1. The van der Waals surface area contributed by atoms with Crippen molar-refractivity contribution in [3.05, 3.63) is 22.2 Å². The summed E-state index contributed by atoms with van der Waals surface area (Å²) in [5, 5.41) is 10.5. The van der Waals surface area contributed by atoms with Crippen LogP contribution in [0.2, 0.25) is 0 Å². The number of hydrogen-bond donors (Lipinski definition) is 6. The number of phosphoric ester groups is 1.